The SMILES string of the molecule is C[N+]1=C(/C=C/C2=CC(=C/C=C3/N(CCCCCC(=O)NCCCCCC[NH3+])c4ccccc4C3(C)C)/CCC2)C(C)(C)c2ccccc21. The van der Waals surface area contributed by atoms with Gasteiger partial charge in [-0.15, -0.1) is 0 Å². The number of hydrogen-bond donors (Lipinski definition) is 2. The summed E-state index contributed by atoms with van der Waals surface area (Å²) in [5.41, 5.74) is 14.8. The second-order valence-electron chi connectivity index (χ2n) is 15.0. The number of benzene rings is 2. The number of nitrogens with zero attached hydrogens (tertiary/aromatic N) is 2. The van der Waals surface area contributed by atoms with Gasteiger partial charge in [0.2, 0.25) is 11.6 Å². The van der Waals surface area contributed by atoms with Gasteiger partial charge < -0.3 is 16.0 Å². The van der Waals surface area contributed by atoms with Crippen molar-refractivity contribution in [3.8, 4) is 0 Å². The molecule has 2 heterocycles. The van der Waals surface area contributed by atoms with Crippen LogP contribution in [0.2, 0.25) is 0 Å². The van der Waals surface area contributed by atoms with E-state index in [4.69, 9.17) is 0 Å². The largest absolute Gasteiger partial charge is 0.358 e. The maximum atomic E-state index is 12.3. The second kappa shape index (κ2) is 16.1. The van der Waals surface area contributed by atoms with E-state index in [-0.39, 0.29) is 16.7 Å². The van der Waals surface area contributed by atoms with Crippen molar-refractivity contribution in [1.82, 2.24) is 5.32 Å². The van der Waals surface area contributed by atoms with Crippen molar-refractivity contribution in [2.75, 3.05) is 31.6 Å². The smallest absolute Gasteiger partial charge is 0.219 e. The first kappa shape index (κ1) is 35.6. The molecule has 0 spiro atoms. The standard InChI is InChI=1S/C43H58N4O/c1-42(2)35-20-10-12-22-37(35)46(5)39(42)27-25-33-18-17-19-34(32-33)26-28-40-43(3,4)36-21-11-13-23-38(36)47(40)31-16-8-9-24-41(48)45-30-15-7-6-14-29-44/h10-13,20-23,25-28,32H,6-9,14-19,24,29-31,44H2,1-5H3/p+2. The lowest BCUT2D eigenvalue weighted by atomic mass is 9.81. The number of fused-ring (bicyclic) bond motifs is 2. The molecule has 5 nitrogen and oxygen atoms in total. The number of anilines is 1. The molecule has 5 heteroatoms. The minimum absolute atomic E-state index is 0.00889. The van der Waals surface area contributed by atoms with Crippen LogP contribution in [0.4, 0.5) is 11.4 Å². The number of amides is 1. The Bertz CT molecular complexity index is 1600. The summed E-state index contributed by atoms with van der Waals surface area (Å²) in [6.07, 6.45) is 23.6. The van der Waals surface area contributed by atoms with Gasteiger partial charge in [0.1, 0.15) is 7.05 Å². The molecule has 0 atom stereocenters. The van der Waals surface area contributed by atoms with E-state index >= 15 is 0 Å². The van der Waals surface area contributed by atoms with Crippen LogP contribution in [-0.2, 0) is 15.6 Å². The first-order valence-electron chi connectivity index (χ1n) is 18.6. The number of quaternary nitrogens is 1. The highest BCUT2D eigenvalue weighted by molar-refractivity contribution is 6.03. The summed E-state index contributed by atoms with van der Waals surface area (Å²) in [5, 5.41) is 3.11. The third kappa shape index (κ3) is 8.11. The summed E-state index contributed by atoms with van der Waals surface area (Å²) in [6.45, 7) is 12.2. The van der Waals surface area contributed by atoms with E-state index in [9.17, 15) is 4.79 Å². The van der Waals surface area contributed by atoms with Gasteiger partial charge in [0.15, 0.2) is 5.71 Å². The van der Waals surface area contributed by atoms with Crippen LogP contribution < -0.4 is 16.0 Å². The van der Waals surface area contributed by atoms with E-state index in [1.54, 1.807) is 0 Å². The maximum Gasteiger partial charge on any atom is 0.219 e. The van der Waals surface area contributed by atoms with E-state index < -0.39 is 0 Å². The number of rotatable bonds is 15. The number of nitrogens with one attached hydrogen (secondary N) is 1. The molecule has 0 unspecified atom stereocenters. The molecule has 256 valence electrons. The molecule has 2 aliphatic heterocycles. The van der Waals surface area contributed by atoms with Crippen molar-refractivity contribution >= 4 is 23.0 Å². The van der Waals surface area contributed by atoms with Gasteiger partial charge in [-0.1, -0.05) is 81.3 Å². The Morgan fingerprint density at radius 3 is 2.38 bits per heavy atom. The van der Waals surface area contributed by atoms with Crippen molar-refractivity contribution in [3.63, 3.8) is 0 Å². The zero-order chi connectivity index (χ0) is 34.1. The van der Waals surface area contributed by atoms with Crippen molar-refractivity contribution in [3.05, 3.63) is 107 Å². The molecule has 48 heavy (non-hydrogen) atoms. The van der Waals surface area contributed by atoms with E-state index in [0.717, 1.165) is 58.2 Å². The molecule has 0 saturated carbocycles. The van der Waals surface area contributed by atoms with E-state index in [0.29, 0.717) is 6.42 Å². The summed E-state index contributed by atoms with van der Waals surface area (Å²) in [6, 6.07) is 17.7. The monoisotopic (exact) mass is 648 g/mol. The topological polar surface area (TPSA) is 63.0 Å². The number of carbonyl (C=O) groups is 1. The maximum absolute atomic E-state index is 12.3. The third-order valence-electron chi connectivity index (χ3n) is 10.7. The highest BCUT2D eigenvalue weighted by atomic mass is 16.1. The number of carbonyl (C=O) groups excluding carboxylic acids is 1. The van der Waals surface area contributed by atoms with Crippen LogP contribution in [0, 0.1) is 0 Å². The van der Waals surface area contributed by atoms with Crippen LogP contribution >= 0.6 is 0 Å². The molecular weight excluding hydrogens is 589 g/mol. The Morgan fingerprint density at radius 2 is 1.58 bits per heavy atom. The predicted molar refractivity (Wildman–Crippen MR) is 202 cm³/mol. The lowest BCUT2D eigenvalue weighted by Gasteiger charge is -2.27. The van der Waals surface area contributed by atoms with Crippen LogP contribution in [0.25, 0.3) is 0 Å². The number of hydrogen-bond acceptors (Lipinski definition) is 2. The van der Waals surface area contributed by atoms with Crippen molar-refractivity contribution < 1.29 is 15.1 Å². The first-order valence-corrected chi connectivity index (χ1v) is 18.6. The van der Waals surface area contributed by atoms with Gasteiger partial charge in [-0.3, -0.25) is 4.79 Å². The third-order valence-corrected chi connectivity index (χ3v) is 10.7. The van der Waals surface area contributed by atoms with Crippen LogP contribution in [0.5, 0.6) is 0 Å². The van der Waals surface area contributed by atoms with Crippen LogP contribution in [0.1, 0.15) is 109 Å². The fraction of sp³-hybridized carbons (Fsp3) is 0.488. The van der Waals surface area contributed by atoms with Gasteiger partial charge in [-0.05, 0) is 94.1 Å². The quantitative estimate of drug-likeness (QED) is 0.150. The summed E-state index contributed by atoms with van der Waals surface area (Å²) in [5.74, 6) is 0.199. The number of para-hydroxylation sites is 2. The number of allylic oxidation sites excluding steroid dienone is 8. The predicted octanol–water partition coefficient (Wildman–Crippen LogP) is 8.45. The molecule has 0 radical (unpaired) electrons. The lowest BCUT2D eigenvalue weighted by molar-refractivity contribution is -0.401. The molecule has 0 bridgehead atoms. The number of unbranched alkanes of at least 4 members (excludes halogenated alkanes) is 5. The van der Waals surface area contributed by atoms with E-state index in [1.165, 1.54) is 70.7 Å². The van der Waals surface area contributed by atoms with E-state index in [1.807, 2.05) is 0 Å². The summed E-state index contributed by atoms with van der Waals surface area (Å²) < 4.78 is 2.36. The average molecular weight is 649 g/mol. The molecule has 3 aliphatic rings. The van der Waals surface area contributed by atoms with Gasteiger partial charge in [-0.2, -0.15) is 4.58 Å². The van der Waals surface area contributed by atoms with Gasteiger partial charge >= 0.3 is 0 Å². The van der Waals surface area contributed by atoms with Crippen LogP contribution in [-0.4, -0.2) is 42.9 Å². The van der Waals surface area contributed by atoms with Crippen molar-refractivity contribution in [2.45, 2.75) is 109 Å². The van der Waals surface area contributed by atoms with Crippen molar-refractivity contribution in [2.24, 2.45) is 0 Å². The molecule has 0 fully saturated rings. The average Bonchev–Trinajstić information content (AvgIpc) is 3.42. The van der Waals surface area contributed by atoms with Gasteiger partial charge in [-0.25, -0.2) is 0 Å². The molecule has 0 saturated heterocycles. The molecule has 0 aromatic heterocycles. The highest BCUT2D eigenvalue weighted by Gasteiger charge is 2.42. The zero-order valence-corrected chi connectivity index (χ0v) is 30.4. The zero-order valence-electron chi connectivity index (χ0n) is 30.4. The normalized spacial score (nSPS) is 19.7. The lowest BCUT2D eigenvalue weighted by Crippen LogP contribution is -2.50. The molecule has 2 aromatic rings. The fourth-order valence-electron chi connectivity index (χ4n) is 7.90. The minimum Gasteiger partial charge on any atom is -0.358 e. The Balaban J connectivity index is 1.23. The van der Waals surface area contributed by atoms with Crippen LogP contribution in [0.3, 0.4) is 0 Å². The van der Waals surface area contributed by atoms with Crippen LogP contribution in [0.15, 0.2) is 95.8 Å². The highest BCUT2D eigenvalue weighted by Crippen LogP contribution is 2.48. The van der Waals surface area contributed by atoms with Gasteiger partial charge in [0.05, 0.1) is 12.0 Å². The molecule has 4 N–H and O–H groups in total. The molecule has 5 rings (SSSR count). The first-order chi connectivity index (χ1) is 23.1. The minimum atomic E-state index is -0.0629. The van der Waals surface area contributed by atoms with Gasteiger partial charge in [0.25, 0.3) is 0 Å². The Labute approximate surface area is 290 Å². The van der Waals surface area contributed by atoms with E-state index in [2.05, 4.69) is 134 Å². The molecule has 2 aromatic carbocycles. The summed E-state index contributed by atoms with van der Waals surface area (Å²) in [4.78, 5) is 14.9. The Kier molecular flexibility index (Phi) is 12.0. The molecular formula is C43H60N4O+2. The summed E-state index contributed by atoms with van der Waals surface area (Å²) in [7, 11) is 2.19. The van der Waals surface area contributed by atoms with Gasteiger partial charge in [0, 0.05) is 54.0 Å². The second-order valence-corrected chi connectivity index (χ2v) is 15.0. The fourth-order valence-corrected chi connectivity index (χ4v) is 7.90. The molecule has 1 aliphatic carbocycles. The Hall–Kier alpha value is -3.70. The molecule has 1 amide bonds. The Morgan fingerprint density at radius 1 is 0.854 bits per heavy atom. The summed E-state index contributed by atoms with van der Waals surface area (Å²) >= 11 is 0. The van der Waals surface area contributed by atoms with Crippen molar-refractivity contribution in [1.29, 1.82) is 0 Å².